The maximum absolute atomic E-state index is 12.6. The van der Waals surface area contributed by atoms with E-state index < -0.39 is 6.17 Å². The van der Waals surface area contributed by atoms with Crippen molar-refractivity contribution < 1.29 is 4.39 Å². The first-order chi connectivity index (χ1) is 6.16. The van der Waals surface area contributed by atoms with E-state index in [1.807, 2.05) is 11.0 Å². The van der Waals surface area contributed by atoms with Gasteiger partial charge < -0.3 is 10.6 Å². The molecule has 1 aromatic rings. The topological polar surface area (TPSA) is 42.1 Å². The largest absolute Gasteiger partial charge is 0.382 e. The zero-order chi connectivity index (χ0) is 9.42. The van der Waals surface area contributed by atoms with Crippen molar-refractivity contribution in [1.29, 1.82) is 0 Å². The Balaban J connectivity index is 2.24. The molecule has 0 atom stereocenters. The summed E-state index contributed by atoms with van der Waals surface area (Å²) in [5.41, 5.74) is 6.46. The van der Waals surface area contributed by atoms with Gasteiger partial charge in [-0.05, 0) is 22.0 Å². The summed E-state index contributed by atoms with van der Waals surface area (Å²) in [7, 11) is 0. The molecule has 0 radical (unpaired) electrons. The molecule has 70 valence electrons. The highest BCUT2D eigenvalue weighted by atomic mass is 79.9. The second-order valence-electron chi connectivity index (χ2n) is 3.06. The van der Waals surface area contributed by atoms with Gasteiger partial charge in [-0.15, -0.1) is 0 Å². The van der Waals surface area contributed by atoms with Crippen molar-refractivity contribution in [3.05, 3.63) is 16.7 Å². The predicted octanol–water partition coefficient (Wildman–Crippen LogP) is 1.58. The molecule has 0 unspecified atom stereocenters. The third kappa shape index (κ3) is 1.60. The highest BCUT2D eigenvalue weighted by molar-refractivity contribution is 9.10. The van der Waals surface area contributed by atoms with Gasteiger partial charge in [-0.1, -0.05) is 0 Å². The van der Waals surface area contributed by atoms with Crippen LogP contribution in [0.2, 0.25) is 0 Å². The van der Waals surface area contributed by atoms with Crippen LogP contribution < -0.4 is 10.6 Å². The number of alkyl halides is 1. The van der Waals surface area contributed by atoms with Gasteiger partial charge >= 0.3 is 0 Å². The number of halogens is 2. The molecule has 2 rings (SSSR count). The molecular weight excluding hydrogens is 237 g/mol. The predicted molar refractivity (Wildman–Crippen MR) is 53.5 cm³/mol. The first kappa shape index (κ1) is 8.74. The van der Waals surface area contributed by atoms with Crippen LogP contribution in [0.15, 0.2) is 16.7 Å². The number of rotatable bonds is 1. The van der Waals surface area contributed by atoms with Crippen molar-refractivity contribution in [2.45, 2.75) is 6.17 Å². The van der Waals surface area contributed by atoms with Crippen LogP contribution in [0.25, 0.3) is 0 Å². The molecule has 0 aliphatic carbocycles. The summed E-state index contributed by atoms with van der Waals surface area (Å²) in [6, 6.07) is 1.86. The van der Waals surface area contributed by atoms with Gasteiger partial charge in [0.1, 0.15) is 12.0 Å². The number of nitrogens with zero attached hydrogens (tertiary/aromatic N) is 2. The third-order valence-electron chi connectivity index (χ3n) is 2.04. The molecule has 2 N–H and O–H groups in total. The molecule has 0 saturated carbocycles. The van der Waals surface area contributed by atoms with Gasteiger partial charge in [0.05, 0.1) is 18.8 Å². The van der Waals surface area contributed by atoms with Gasteiger partial charge in [0.15, 0.2) is 0 Å². The zero-order valence-corrected chi connectivity index (χ0v) is 8.46. The van der Waals surface area contributed by atoms with E-state index in [0.717, 1.165) is 10.2 Å². The van der Waals surface area contributed by atoms with Crippen molar-refractivity contribution in [3.63, 3.8) is 0 Å². The van der Waals surface area contributed by atoms with E-state index in [0.29, 0.717) is 18.9 Å². The van der Waals surface area contributed by atoms with Gasteiger partial charge in [0.2, 0.25) is 0 Å². The third-order valence-corrected chi connectivity index (χ3v) is 2.48. The minimum Gasteiger partial charge on any atom is -0.382 e. The van der Waals surface area contributed by atoms with Gasteiger partial charge in [-0.25, -0.2) is 9.37 Å². The first-order valence-corrected chi connectivity index (χ1v) is 4.76. The maximum Gasteiger partial charge on any atom is 0.147 e. The minimum atomic E-state index is -0.724. The fourth-order valence-corrected chi connectivity index (χ4v) is 1.63. The van der Waals surface area contributed by atoms with Crippen LogP contribution in [0.4, 0.5) is 15.9 Å². The van der Waals surface area contributed by atoms with E-state index >= 15 is 0 Å². The molecule has 0 amide bonds. The summed E-state index contributed by atoms with van der Waals surface area (Å²) in [5.74, 6) is 0.454. The molecule has 1 fully saturated rings. The Morgan fingerprint density at radius 2 is 2.31 bits per heavy atom. The second-order valence-corrected chi connectivity index (χ2v) is 3.98. The molecule has 0 aromatic carbocycles. The summed E-state index contributed by atoms with van der Waals surface area (Å²) >= 11 is 3.29. The van der Waals surface area contributed by atoms with E-state index in [4.69, 9.17) is 5.73 Å². The summed E-state index contributed by atoms with van der Waals surface area (Å²) in [5, 5.41) is 0. The summed E-state index contributed by atoms with van der Waals surface area (Å²) in [6.07, 6.45) is 0.907. The number of aromatic nitrogens is 1. The van der Waals surface area contributed by atoms with Gasteiger partial charge in [0, 0.05) is 10.7 Å². The lowest BCUT2D eigenvalue weighted by molar-refractivity contribution is 0.275. The molecule has 0 spiro atoms. The summed E-state index contributed by atoms with van der Waals surface area (Å²) in [6.45, 7) is 0.838. The Kier molecular flexibility index (Phi) is 2.11. The lowest BCUT2D eigenvalue weighted by Crippen LogP contribution is -2.48. The monoisotopic (exact) mass is 245 g/mol. The fraction of sp³-hybridized carbons (Fsp3) is 0.375. The minimum absolute atomic E-state index is 0.419. The molecular formula is C8H9BrFN3. The van der Waals surface area contributed by atoms with Crippen molar-refractivity contribution in [3.8, 4) is 0 Å². The number of nitrogen functional groups attached to an aromatic ring is 1. The number of anilines is 2. The first-order valence-electron chi connectivity index (χ1n) is 3.97. The van der Waals surface area contributed by atoms with Gasteiger partial charge in [-0.2, -0.15) is 0 Å². The number of hydrogen-bond acceptors (Lipinski definition) is 3. The van der Waals surface area contributed by atoms with Crippen LogP contribution in [0.3, 0.4) is 0 Å². The van der Waals surface area contributed by atoms with Gasteiger partial charge in [0.25, 0.3) is 0 Å². The van der Waals surface area contributed by atoms with E-state index in [1.54, 1.807) is 6.20 Å². The SMILES string of the molecule is Nc1ncc(Br)cc1N1CC(F)C1. The second kappa shape index (κ2) is 3.14. The lowest BCUT2D eigenvalue weighted by atomic mass is 10.1. The Labute approximate surface area is 83.9 Å². The summed E-state index contributed by atoms with van der Waals surface area (Å²) < 4.78 is 13.4. The molecule has 1 aliphatic heterocycles. The normalized spacial score (nSPS) is 17.2. The zero-order valence-electron chi connectivity index (χ0n) is 6.87. The lowest BCUT2D eigenvalue weighted by Gasteiger charge is -2.36. The van der Waals surface area contributed by atoms with Crippen molar-refractivity contribution in [2.75, 3.05) is 23.7 Å². The van der Waals surface area contributed by atoms with Crippen molar-refractivity contribution >= 4 is 27.4 Å². The Hall–Kier alpha value is -0.840. The van der Waals surface area contributed by atoms with E-state index in [9.17, 15) is 4.39 Å². The van der Waals surface area contributed by atoms with Gasteiger partial charge in [-0.3, -0.25) is 0 Å². The Morgan fingerprint density at radius 1 is 1.62 bits per heavy atom. The molecule has 2 heterocycles. The average molecular weight is 246 g/mol. The molecule has 5 heteroatoms. The van der Waals surface area contributed by atoms with Crippen LogP contribution >= 0.6 is 15.9 Å². The average Bonchev–Trinajstić information content (AvgIpc) is 2.04. The summed E-state index contributed by atoms with van der Waals surface area (Å²) in [4.78, 5) is 5.85. The van der Waals surface area contributed by atoms with E-state index in [2.05, 4.69) is 20.9 Å². The maximum atomic E-state index is 12.6. The number of nitrogens with two attached hydrogens (primary N) is 1. The number of hydrogen-bond donors (Lipinski definition) is 1. The molecule has 3 nitrogen and oxygen atoms in total. The molecule has 1 aliphatic rings. The quantitative estimate of drug-likeness (QED) is 0.818. The smallest absolute Gasteiger partial charge is 0.147 e. The molecule has 1 saturated heterocycles. The Bertz CT molecular complexity index is 325. The van der Waals surface area contributed by atoms with E-state index in [-0.39, 0.29) is 0 Å². The van der Waals surface area contributed by atoms with Crippen LogP contribution in [0.1, 0.15) is 0 Å². The standard InChI is InChI=1S/C8H9BrFN3/c9-5-1-7(8(11)12-2-5)13-3-6(10)4-13/h1-2,6H,3-4H2,(H2,11,12). The van der Waals surface area contributed by atoms with Crippen molar-refractivity contribution in [2.24, 2.45) is 0 Å². The molecule has 1 aromatic heterocycles. The Morgan fingerprint density at radius 3 is 2.92 bits per heavy atom. The highest BCUT2D eigenvalue weighted by Gasteiger charge is 2.27. The fourth-order valence-electron chi connectivity index (χ4n) is 1.31. The van der Waals surface area contributed by atoms with Crippen LogP contribution in [-0.4, -0.2) is 24.2 Å². The van der Waals surface area contributed by atoms with Crippen LogP contribution in [0, 0.1) is 0 Å². The van der Waals surface area contributed by atoms with Crippen LogP contribution in [-0.2, 0) is 0 Å². The highest BCUT2D eigenvalue weighted by Crippen LogP contribution is 2.29. The molecule has 0 bridgehead atoms. The number of pyridine rings is 1. The van der Waals surface area contributed by atoms with E-state index in [1.165, 1.54) is 0 Å². The molecule has 13 heavy (non-hydrogen) atoms. The van der Waals surface area contributed by atoms with Crippen molar-refractivity contribution in [1.82, 2.24) is 4.98 Å². The van der Waals surface area contributed by atoms with Crippen LogP contribution in [0.5, 0.6) is 0 Å².